The van der Waals surface area contributed by atoms with Gasteiger partial charge in [0.25, 0.3) is 0 Å². The Morgan fingerprint density at radius 1 is 0.833 bits per heavy atom. The zero-order valence-electron chi connectivity index (χ0n) is 19.5. The highest BCUT2D eigenvalue weighted by molar-refractivity contribution is 5.91. The normalized spacial score (nSPS) is 20.5. The van der Waals surface area contributed by atoms with Crippen LogP contribution in [0.25, 0.3) is 11.1 Å². The molecule has 180 valence electrons. The van der Waals surface area contributed by atoms with E-state index in [2.05, 4.69) is 23.5 Å². The van der Waals surface area contributed by atoms with Crippen molar-refractivity contribution in [1.29, 1.82) is 0 Å². The average Bonchev–Trinajstić information content (AvgIpc) is 3.24. The Labute approximate surface area is 207 Å². The molecule has 3 atom stereocenters. The van der Waals surface area contributed by atoms with Crippen LogP contribution in [0.15, 0.2) is 97.7 Å². The van der Waals surface area contributed by atoms with Crippen LogP contribution in [0.3, 0.4) is 0 Å². The summed E-state index contributed by atoms with van der Waals surface area (Å²) in [5.74, 6) is 0.596. The van der Waals surface area contributed by atoms with Gasteiger partial charge in [0.2, 0.25) is 0 Å². The number of para-hydroxylation sites is 2. The Morgan fingerprint density at radius 2 is 1.47 bits per heavy atom. The summed E-state index contributed by atoms with van der Waals surface area (Å²) in [7, 11) is 0. The minimum Gasteiger partial charge on any atom is -0.301 e. The first-order chi connectivity index (χ1) is 17.4. The Balaban J connectivity index is 1.64. The van der Waals surface area contributed by atoms with Gasteiger partial charge in [-0.15, -0.1) is 6.58 Å². The van der Waals surface area contributed by atoms with Gasteiger partial charge < -0.3 is 9.80 Å². The highest BCUT2D eigenvalue weighted by Crippen LogP contribution is 2.56. The number of allylic oxidation sites excluding steroid dienone is 1. The maximum atomic E-state index is 13.8. The maximum Gasteiger partial charge on any atom is 0.434 e. The largest absolute Gasteiger partial charge is 0.434 e. The molecule has 3 unspecified atom stereocenters. The molecule has 36 heavy (non-hydrogen) atoms. The van der Waals surface area contributed by atoms with Crippen molar-refractivity contribution in [2.75, 3.05) is 9.80 Å². The first-order valence-corrected chi connectivity index (χ1v) is 11.8. The van der Waals surface area contributed by atoms with E-state index in [-0.39, 0.29) is 23.8 Å². The number of halogens is 3. The van der Waals surface area contributed by atoms with E-state index < -0.39 is 11.9 Å². The van der Waals surface area contributed by atoms with Crippen LogP contribution < -0.4 is 9.80 Å². The van der Waals surface area contributed by atoms with Gasteiger partial charge in [-0.1, -0.05) is 79.7 Å². The third-order valence-electron chi connectivity index (χ3n) is 7.11. The van der Waals surface area contributed by atoms with Crippen LogP contribution in [0.2, 0.25) is 0 Å². The fourth-order valence-electron chi connectivity index (χ4n) is 5.54. The molecule has 6 rings (SSSR count). The van der Waals surface area contributed by atoms with E-state index in [1.807, 2.05) is 94.7 Å². The standard InChI is InChI=1S/C29H23F3N4/c1-3-20-18(2)28-35(24-16-10-8-14-22(20)24)26-27(34-25(17-33-26)29(30,31)32)36(28)23-15-9-7-13-21(23)19-11-5-4-6-12-19/h3-18,20,28H,1H2,2H3. The monoisotopic (exact) mass is 484 g/mol. The lowest BCUT2D eigenvalue weighted by Gasteiger charge is -2.44. The smallest absolute Gasteiger partial charge is 0.301 e. The molecule has 1 aromatic heterocycles. The lowest BCUT2D eigenvalue weighted by atomic mass is 9.80. The molecule has 3 aromatic carbocycles. The molecule has 0 saturated heterocycles. The Kier molecular flexibility index (Phi) is 5.10. The maximum absolute atomic E-state index is 13.8. The molecule has 0 radical (unpaired) electrons. The summed E-state index contributed by atoms with van der Waals surface area (Å²) in [5, 5.41) is 0. The van der Waals surface area contributed by atoms with E-state index in [1.54, 1.807) is 0 Å². The minimum absolute atomic E-state index is 0.00485. The van der Waals surface area contributed by atoms with Gasteiger partial charge in [-0.25, -0.2) is 9.97 Å². The molecule has 0 fully saturated rings. The first-order valence-electron chi connectivity index (χ1n) is 11.8. The van der Waals surface area contributed by atoms with Gasteiger partial charge in [-0.2, -0.15) is 13.2 Å². The molecular weight excluding hydrogens is 461 g/mol. The molecule has 0 bridgehead atoms. The number of anilines is 4. The van der Waals surface area contributed by atoms with Crippen molar-refractivity contribution < 1.29 is 13.2 Å². The summed E-state index contributed by atoms with van der Waals surface area (Å²) < 4.78 is 41.4. The summed E-state index contributed by atoms with van der Waals surface area (Å²) in [4.78, 5) is 12.5. The van der Waals surface area contributed by atoms with Crippen molar-refractivity contribution >= 4 is 23.0 Å². The summed E-state index contributed by atoms with van der Waals surface area (Å²) in [6.45, 7) is 6.20. The van der Waals surface area contributed by atoms with E-state index in [9.17, 15) is 13.2 Å². The van der Waals surface area contributed by atoms with Gasteiger partial charge in [-0.05, 0) is 23.3 Å². The van der Waals surface area contributed by atoms with Crippen LogP contribution in [0.1, 0.15) is 24.1 Å². The van der Waals surface area contributed by atoms with Crippen molar-refractivity contribution in [3.05, 3.63) is 109 Å². The van der Waals surface area contributed by atoms with Gasteiger partial charge in [0, 0.05) is 23.1 Å². The quantitative estimate of drug-likeness (QED) is 0.279. The van der Waals surface area contributed by atoms with Crippen molar-refractivity contribution in [1.82, 2.24) is 9.97 Å². The molecule has 3 heterocycles. The summed E-state index contributed by atoms with van der Waals surface area (Å²) in [6.07, 6.45) is -2.20. The SMILES string of the molecule is C=CC1c2ccccc2N2c3ncc(C(F)(F)F)nc3N(c3ccccc3-c3ccccc3)C2C1C. The van der Waals surface area contributed by atoms with E-state index >= 15 is 0 Å². The topological polar surface area (TPSA) is 32.3 Å². The molecule has 4 aromatic rings. The van der Waals surface area contributed by atoms with Gasteiger partial charge in [0.1, 0.15) is 6.17 Å². The fraction of sp³-hybridized carbons (Fsp3) is 0.172. The lowest BCUT2D eigenvalue weighted by molar-refractivity contribution is -0.141. The van der Waals surface area contributed by atoms with E-state index in [0.717, 1.165) is 34.3 Å². The molecule has 0 N–H and O–H groups in total. The van der Waals surface area contributed by atoms with Crippen molar-refractivity contribution in [3.63, 3.8) is 0 Å². The van der Waals surface area contributed by atoms with Gasteiger partial charge in [0.15, 0.2) is 17.3 Å². The van der Waals surface area contributed by atoms with E-state index in [4.69, 9.17) is 0 Å². The third-order valence-corrected chi connectivity index (χ3v) is 7.11. The number of aromatic nitrogens is 2. The summed E-state index contributed by atoms with van der Waals surface area (Å²) >= 11 is 0. The molecular formula is C29H23F3N4. The summed E-state index contributed by atoms with van der Waals surface area (Å²) in [5.41, 5.74) is 3.62. The predicted octanol–water partition coefficient (Wildman–Crippen LogP) is 7.70. The molecule has 0 amide bonds. The number of hydrogen-bond acceptors (Lipinski definition) is 4. The molecule has 7 heteroatoms. The zero-order chi connectivity index (χ0) is 25.0. The minimum atomic E-state index is -4.61. The van der Waals surface area contributed by atoms with Gasteiger partial charge in [-0.3, -0.25) is 0 Å². The number of benzene rings is 3. The second kappa shape index (κ2) is 8.22. The van der Waals surface area contributed by atoms with E-state index in [0.29, 0.717) is 5.82 Å². The number of hydrogen-bond donors (Lipinski definition) is 0. The number of alkyl halides is 3. The van der Waals surface area contributed by atoms with Crippen LogP contribution in [-0.2, 0) is 6.18 Å². The van der Waals surface area contributed by atoms with Crippen molar-refractivity contribution in [2.45, 2.75) is 25.2 Å². The Bertz CT molecular complexity index is 1450. The fourth-order valence-corrected chi connectivity index (χ4v) is 5.54. The highest BCUT2D eigenvalue weighted by Gasteiger charge is 2.50. The Morgan fingerprint density at radius 3 is 2.19 bits per heavy atom. The zero-order valence-corrected chi connectivity index (χ0v) is 19.5. The second-order valence-corrected chi connectivity index (χ2v) is 9.12. The van der Waals surface area contributed by atoms with E-state index in [1.165, 1.54) is 0 Å². The van der Waals surface area contributed by atoms with Crippen LogP contribution in [0.5, 0.6) is 0 Å². The average molecular weight is 485 g/mol. The van der Waals surface area contributed by atoms with Gasteiger partial charge >= 0.3 is 6.18 Å². The van der Waals surface area contributed by atoms with Crippen molar-refractivity contribution in [2.24, 2.45) is 5.92 Å². The molecule has 2 aliphatic heterocycles. The van der Waals surface area contributed by atoms with Crippen LogP contribution >= 0.6 is 0 Å². The number of rotatable bonds is 3. The van der Waals surface area contributed by atoms with Crippen LogP contribution in [0, 0.1) is 5.92 Å². The van der Waals surface area contributed by atoms with Crippen LogP contribution in [0.4, 0.5) is 36.2 Å². The van der Waals surface area contributed by atoms with Crippen molar-refractivity contribution in [3.8, 4) is 11.1 Å². The molecule has 4 nitrogen and oxygen atoms in total. The highest BCUT2D eigenvalue weighted by atomic mass is 19.4. The molecule has 0 spiro atoms. The molecule has 0 saturated carbocycles. The van der Waals surface area contributed by atoms with Crippen LogP contribution in [-0.4, -0.2) is 16.1 Å². The lowest BCUT2D eigenvalue weighted by Crippen LogP contribution is -2.48. The predicted molar refractivity (Wildman–Crippen MR) is 136 cm³/mol. The molecule has 0 aliphatic carbocycles. The first kappa shape index (κ1) is 22.3. The second-order valence-electron chi connectivity index (χ2n) is 9.12. The number of nitrogens with zero attached hydrogens (tertiary/aromatic N) is 4. The summed E-state index contributed by atoms with van der Waals surface area (Å²) in [6, 6.07) is 25.5. The molecule has 2 aliphatic rings. The van der Waals surface area contributed by atoms with Gasteiger partial charge in [0.05, 0.1) is 11.9 Å². The number of fused-ring (bicyclic) bond motifs is 5. The Hall–Kier alpha value is -4.13. The third kappa shape index (κ3) is 3.30.